The maximum absolute atomic E-state index is 12.7. The molecular weight excluding hydrogens is 1850 g/mol. The highest BCUT2D eigenvalue weighted by Gasteiger charge is 2.64. The second-order valence-corrected chi connectivity index (χ2v) is 59.8. The van der Waals surface area contributed by atoms with Crippen LogP contribution < -0.4 is 0 Å². The number of methoxy groups -OCH3 is 2. The Hall–Kier alpha value is -2.73. The van der Waals surface area contributed by atoms with E-state index >= 15 is 0 Å². The number of amides is 2. The van der Waals surface area contributed by atoms with Gasteiger partial charge >= 0.3 is 6.03 Å². The lowest BCUT2D eigenvalue weighted by Gasteiger charge is -2.52. The van der Waals surface area contributed by atoms with Crippen molar-refractivity contribution in [1.82, 2.24) is 9.80 Å². The highest BCUT2D eigenvalue weighted by molar-refractivity contribution is 5.79. The third-order valence-corrected chi connectivity index (χ3v) is 37.4. The zero-order valence-corrected chi connectivity index (χ0v) is 110. The van der Waals surface area contributed by atoms with E-state index in [4.69, 9.17) is 52.1 Å². The zero-order valence-electron chi connectivity index (χ0n) is 110. The molecule has 876 valence electrons. The van der Waals surface area contributed by atoms with Gasteiger partial charge in [-0.15, -0.1) is 0 Å². The Balaban J connectivity index is 0.000000270. The first kappa shape index (κ1) is 136. The molecule has 14 heteroatoms. The molecule has 0 radical (unpaired) electrons. The fourth-order valence-corrected chi connectivity index (χ4v) is 30.6. The minimum absolute atomic E-state index is 0.0452. The maximum Gasteiger partial charge on any atom is 0.321 e. The lowest BCUT2D eigenvalue weighted by atomic mass is 9.55. The fraction of sp³-hybridized carbons (Fsp3) is 0.904. The van der Waals surface area contributed by atoms with Gasteiger partial charge in [-0.05, 0) is 291 Å². The van der Waals surface area contributed by atoms with E-state index in [0.29, 0.717) is 214 Å². The highest BCUT2D eigenvalue weighted by Crippen LogP contribution is 2.69. The summed E-state index contributed by atoms with van der Waals surface area (Å²) in [7, 11) is 3.60. The zero-order chi connectivity index (χ0) is 115. The summed E-state index contributed by atoms with van der Waals surface area (Å²) in [5.41, 5.74) is 13.0. The van der Waals surface area contributed by atoms with Crippen LogP contribution in [0.2, 0.25) is 0 Å². The number of urea groups is 1. The molecule has 12 rings (SSSR count). The van der Waals surface area contributed by atoms with Crippen molar-refractivity contribution in [2.75, 3.05) is 14.2 Å². The molecule has 26 unspecified atom stereocenters. The number of benzene rings is 2. The minimum Gasteiger partial charge on any atom is -0.369 e. The van der Waals surface area contributed by atoms with Gasteiger partial charge in [0.15, 0.2) is 12.6 Å². The van der Waals surface area contributed by atoms with Crippen molar-refractivity contribution >= 4 is 6.03 Å². The summed E-state index contributed by atoms with van der Waals surface area (Å²) < 4.78 is 68.4. The standard InChI is InChI=1S/C32H46.C19H38O2.C18H34O4.C18H36O2.C18H34O.C16H32O2.C15H30N2O/c1-17(2)21-13-25-27(15-23(21)19(5)6)31(9,10)30-26-14-22(18(3)4)24(20(7)8)16-28(26)32(11,12)29(25)30;1-11(2)10-15-16(12(3)4)17(13(5)6)18(14(7)8)19(20-9)21-15;1-9(2)13-14(10(3)4)20-18-17(19-13)21-15(11(5)6)16(22-18)12(7)8;1-10(2)14-15(11(3)4)17(13(7)8)20-18(19-9)16(14)12(5)6;1-9(2)13-14(10(3)4)16(12(7)8)18-17(19-18)15(13)11(5)6;1-9(2)13-14(10(3)4)18-16(12(7)8)15(17-13)11(5)6;1-9(2)13-14(10(3)4)17(12(7)8)15(18)16(13)11(5)6/h13-20,29-30H,1-12H3;11-19H,10H2,1-9H3;9-18H,1-8H3;10-18H,1-9H3;9-18H,1-8H3;9-16H,1-8H3;9-14H,1-8H3/t;;;;13?,14?,15?,16?,17-,18+;;. The quantitative estimate of drug-likeness (QED) is 0.0667. The average molecular weight is 2110 g/mol. The van der Waals surface area contributed by atoms with E-state index in [2.05, 4.69) is 449 Å². The lowest BCUT2D eigenvalue weighted by Crippen LogP contribution is -2.62. The molecular formula is C136H250N2O12. The second kappa shape index (κ2) is 57.2. The first-order chi connectivity index (χ1) is 69.1. The summed E-state index contributed by atoms with van der Waals surface area (Å²) in [5, 5.41) is 0. The molecule has 10 aliphatic rings. The van der Waals surface area contributed by atoms with Gasteiger partial charge in [0, 0.05) is 50.0 Å². The van der Waals surface area contributed by atoms with E-state index in [0.717, 1.165) is 53.8 Å². The average Bonchev–Trinajstić information content (AvgIpc) is 1.51. The van der Waals surface area contributed by atoms with Crippen molar-refractivity contribution in [3.63, 3.8) is 0 Å². The van der Waals surface area contributed by atoms with Crippen LogP contribution in [0.25, 0.3) is 0 Å². The molecule has 0 bridgehead atoms. The van der Waals surface area contributed by atoms with Gasteiger partial charge in [0.25, 0.3) is 0 Å². The van der Waals surface area contributed by atoms with Crippen molar-refractivity contribution in [3.8, 4) is 0 Å². The highest BCUT2D eigenvalue weighted by atomic mass is 16.8. The second-order valence-electron chi connectivity index (χ2n) is 59.8. The number of carbonyl (C=O) groups excluding carboxylic acids is 1. The van der Waals surface area contributed by atoms with Crippen LogP contribution in [0.4, 0.5) is 4.79 Å². The normalized spacial score (nSPS) is 32.7. The Morgan fingerprint density at radius 3 is 0.687 bits per heavy atom. The lowest BCUT2D eigenvalue weighted by molar-refractivity contribution is -0.428. The molecule has 2 amide bonds. The number of rotatable bonds is 31. The van der Waals surface area contributed by atoms with E-state index in [9.17, 15) is 4.79 Å². The molecule has 2 aromatic carbocycles. The minimum atomic E-state index is -0.412. The molecule has 8 fully saturated rings. The Kier molecular flexibility index (Phi) is 51.8. The third-order valence-electron chi connectivity index (χ3n) is 37.4. The topological polar surface area (TPSA) is 128 Å². The summed E-state index contributed by atoms with van der Waals surface area (Å²) in [4.78, 5) is 16.9. The molecule has 2 aromatic rings. The van der Waals surface area contributed by atoms with Gasteiger partial charge in [-0.25, -0.2) is 4.79 Å². The number of epoxide rings is 1. The van der Waals surface area contributed by atoms with Crippen molar-refractivity contribution < 1.29 is 56.9 Å². The summed E-state index contributed by atoms with van der Waals surface area (Å²) in [6, 6.07) is 11.9. The van der Waals surface area contributed by atoms with Gasteiger partial charge in [-0.1, -0.05) is 412 Å². The number of ether oxygens (including phenoxy) is 11. The van der Waals surface area contributed by atoms with E-state index in [1.54, 1.807) is 58.7 Å². The Morgan fingerprint density at radius 2 is 0.473 bits per heavy atom. The Morgan fingerprint density at radius 1 is 0.247 bits per heavy atom. The largest absolute Gasteiger partial charge is 0.369 e. The predicted molar refractivity (Wildman–Crippen MR) is 638 cm³/mol. The monoisotopic (exact) mass is 2100 g/mol. The molecule has 0 aromatic heterocycles. The SMILES string of the molecule is CC(C)C1C(C(C)C)C(C(C)C)[C@@H]2O[C@@H]2C1C(C)C.CC(C)C1C(C(C)C)N(C(C)C)C(=O)N1C(C)C.CC(C)C1OC(C(C)C)C(C(C)C)OC1C(C)C.CC(C)C1OC2OC(C(C)C)C(C(C)C)OC2OC1C(C)C.CC(C)c1cc2c(cc1C(C)C)C(C)(C)C1c3cc(C(C)C)c(C(C)C)cc3C(C)(C)C21.COC1OC(C(C)C)C(C(C)C)C(C(C)C)C1C(C)C.COC1OC(CC(C)C)C(C(C)C)C(C(C)C)C1C(C)C. The summed E-state index contributed by atoms with van der Waals surface area (Å²) >= 11 is 0. The number of hydrogen-bond donors (Lipinski definition) is 0. The van der Waals surface area contributed by atoms with Crippen LogP contribution in [0.15, 0.2) is 24.3 Å². The van der Waals surface area contributed by atoms with Gasteiger partial charge in [0.2, 0.25) is 12.6 Å². The number of nitrogens with zero attached hydrogens (tertiary/aromatic N) is 2. The molecule has 7 heterocycles. The summed E-state index contributed by atoms with van der Waals surface area (Å²) in [5.74, 6) is 22.7. The van der Waals surface area contributed by atoms with Crippen LogP contribution in [0.5, 0.6) is 0 Å². The summed E-state index contributed by atoms with van der Waals surface area (Å²) in [6.07, 6.45) is 3.10. The molecule has 0 N–H and O–H groups in total. The smallest absolute Gasteiger partial charge is 0.321 e. The molecule has 1 saturated carbocycles. The van der Waals surface area contributed by atoms with Crippen molar-refractivity contribution in [2.24, 2.45) is 189 Å². The summed E-state index contributed by atoms with van der Waals surface area (Å²) in [6.45, 7) is 138. The first-order valence-corrected chi connectivity index (χ1v) is 62.5. The number of carbonyl (C=O) groups is 1. The van der Waals surface area contributed by atoms with Crippen molar-refractivity contribution in [1.29, 1.82) is 0 Å². The van der Waals surface area contributed by atoms with Crippen molar-refractivity contribution in [2.45, 2.75) is 591 Å². The van der Waals surface area contributed by atoms with Crippen LogP contribution in [0.3, 0.4) is 0 Å². The Labute approximate surface area is 930 Å². The molecule has 7 aliphatic heterocycles. The van der Waals surface area contributed by atoms with Crippen LogP contribution in [-0.4, -0.2) is 153 Å². The maximum atomic E-state index is 12.7. The van der Waals surface area contributed by atoms with Gasteiger partial charge in [-0.2, -0.15) is 0 Å². The van der Waals surface area contributed by atoms with Crippen LogP contribution in [0, 0.1) is 189 Å². The fourth-order valence-electron chi connectivity index (χ4n) is 30.6. The molecule has 28 atom stereocenters. The Bertz CT molecular complexity index is 3980. The van der Waals surface area contributed by atoms with E-state index in [1.165, 1.54) is 0 Å². The van der Waals surface area contributed by atoms with E-state index in [-0.39, 0.29) is 90.4 Å². The van der Waals surface area contributed by atoms with Gasteiger partial charge in [0.1, 0.15) is 0 Å². The number of hydrogen-bond acceptors (Lipinski definition) is 12. The van der Waals surface area contributed by atoms with E-state index in [1.807, 2.05) is 0 Å². The van der Waals surface area contributed by atoms with Crippen LogP contribution >= 0.6 is 0 Å². The van der Waals surface area contributed by atoms with Crippen molar-refractivity contribution in [3.05, 3.63) is 68.8 Å². The van der Waals surface area contributed by atoms with Gasteiger partial charge < -0.3 is 61.9 Å². The van der Waals surface area contributed by atoms with Crippen LogP contribution in [-0.2, 0) is 62.9 Å². The van der Waals surface area contributed by atoms with E-state index < -0.39 is 12.6 Å². The first-order valence-electron chi connectivity index (χ1n) is 62.5. The molecule has 14 nitrogen and oxygen atoms in total. The van der Waals surface area contributed by atoms with Gasteiger partial charge in [-0.3, -0.25) is 0 Å². The predicted octanol–water partition coefficient (Wildman–Crippen LogP) is 36.1. The van der Waals surface area contributed by atoms with Crippen LogP contribution in [0.1, 0.15) is 502 Å². The molecule has 3 aliphatic carbocycles. The molecule has 7 saturated heterocycles. The number of fused-ring (bicyclic) bond motifs is 7. The molecule has 150 heavy (non-hydrogen) atoms. The molecule has 0 spiro atoms. The van der Waals surface area contributed by atoms with Gasteiger partial charge in [0.05, 0.1) is 85.3 Å². The third kappa shape index (κ3) is 31.2.